The van der Waals surface area contributed by atoms with Gasteiger partial charge in [-0.2, -0.15) is 5.10 Å². The van der Waals surface area contributed by atoms with E-state index in [4.69, 9.17) is 49.0 Å². The summed E-state index contributed by atoms with van der Waals surface area (Å²) in [6.07, 6.45) is -3.21. The van der Waals surface area contributed by atoms with Crippen LogP contribution in [-0.4, -0.2) is 59.8 Å². The van der Waals surface area contributed by atoms with E-state index in [0.29, 0.717) is 21.6 Å². The van der Waals surface area contributed by atoms with Crippen LogP contribution in [0, 0.1) is 18.6 Å². The fraction of sp³-hybridized carbons (Fsp3) is 0.267. The summed E-state index contributed by atoms with van der Waals surface area (Å²) in [5, 5.41) is 25.1. The second-order valence-corrected chi connectivity index (χ2v) is 11.8. The first-order chi connectivity index (χ1) is 21.7. The van der Waals surface area contributed by atoms with E-state index in [9.17, 15) is 13.9 Å². The van der Waals surface area contributed by atoms with Gasteiger partial charge in [0.25, 0.3) is 0 Å². The van der Waals surface area contributed by atoms with Crippen molar-refractivity contribution in [1.82, 2.24) is 29.8 Å². The zero-order valence-electron chi connectivity index (χ0n) is 23.3. The van der Waals surface area contributed by atoms with Gasteiger partial charge in [0.1, 0.15) is 58.6 Å². The molecule has 6 unspecified atom stereocenters. The summed E-state index contributed by atoms with van der Waals surface area (Å²) in [5.74, 6) is -1.24. The first kappa shape index (κ1) is 30.2. The standard InChI is InChI=1S/C30H23Cl3F2N6O4/c1-14-36-29(41(38-14)22-11-17(31)7-8-18(22)32)28-26(42)25(27-23(44-28)13-43-30(45-27)15-5-3-2-4-6-15)40-12-21(37-39-40)16-9-19(34)24(33)20(35)10-16/h2-12,23,25-28,30,42H,13H2,1H3. The van der Waals surface area contributed by atoms with Crippen molar-refractivity contribution in [1.29, 1.82) is 0 Å². The molecule has 0 bridgehead atoms. The van der Waals surface area contributed by atoms with Crippen molar-refractivity contribution in [2.45, 2.75) is 43.7 Å². The summed E-state index contributed by atoms with van der Waals surface area (Å²) in [7, 11) is 0. The Balaban J connectivity index is 1.30. The zero-order chi connectivity index (χ0) is 31.4. The van der Waals surface area contributed by atoms with Crippen molar-refractivity contribution < 1.29 is 28.1 Å². The molecule has 15 heteroatoms. The highest BCUT2D eigenvalue weighted by atomic mass is 35.5. The number of hydrogen-bond donors (Lipinski definition) is 1. The molecule has 10 nitrogen and oxygen atoms in total. The summed E-state index contributed by atoms with van der Waals surface area (Å²) in [4.78, 5) is 4.58. The molecule has 7 rings (SSSR count). The van der Waals surface area contributed by atoms with Crippen LogP contribution in [0.25, 0.3) is 16.9 Å². The molecule has 0 aliphatic carbocycles. The van der Waals surface area contributed by atoms with Crippen LogP contribution in [-0.2, 0) is 14.2 Å². The number of halogens is 5. The molecular formula is C30H23Cl3F2N6O4. The second-order valence-electron chi connectivity index (χ2n) is 10.6. The van der Waals surface area contributed by atoms with Gasteiger partial charge in [-0.25, -0.2) is 23.1 Å². The predicted molar refractivity (Wildman–Crippen MR) is 159 cm³/mol. The molecule has 2 fully saturated rings. The number of aromatic nitrogens is 6. The molecule has 6 atom stereocenters. The highest BCUT2D eigenvalue weighted by Gasteiger charge is 2.52. The van der Waals surface area contributed by atoms with Crippen LogP contribution < -0.4 is 0 Å². The fourth-order valence-corrected chi connectivity index (χ4v) is 6.08. The van der Waals surface area contributed by atoms with E-state index in [0.717, 1.165) is 17.7 Å². The maximum absolute atomic E-state index is 14.3. The molecule has 3 aromatic carbocycles. The molecule has 2 aliphatic heterocycles. The number of aliphatic hydroxyl groups is 1. The largest absolute Gasteiger partial charge is 0.388 e. The molecule has 0 radical (unpaired) electrons. The van der Waals surface area contributed by atoms with E-state index in [1.165, 1.54) is 15.6 Å². The third-order valence-corrected chi connectivity index (χ3v) is 8.59. The summed E-state index contributed by atoms with van der Waals surface area (Å²) >= 11 is 18.5. The molecule has 5 aromatic rings. The van der Waals surface area contributed by atoms with Gasteiger partial charge in [-0.05, 0) is 37.3 Å². The SMILES string of the molecule is Cc1nc(C2OC3COC(c4ccccc4)OC3C(n3cc(-c4cc(F)c(Cl)c(F)c4)nn3)C2O)n(-c2cc(Cl)ccc2Cl)n1. The number of benzene rings is 3. The average Bonchev–Trinajstić information content (AvgIpc) is 3.67. The van der Waals surface area contributed by atoms with E-state index < -0.39 is 53.4 Å². The number of hydrogen-bond acceptors (Lipinski definition) is 8. The monoisotopic (exact) mass is 674 g/mol. The molecular weight excluding hydrogens is 653 g/mol. The molecule has 45 heavy (non-hydrogen) atoms. The van der Waals surface area contributed by atoms with E-state index >= 15 is 0 Å². The molecule has 2 saturated heterocycles. The Kier molecular flexibility index (Phi) is 8.07. The molecule has 4 heterocycles. The zero-order valence-corrected chi connectivity index (χ0v) is 25.5. The molecule has 2 aromatic heterocycles. The van der Waals surface area contributed by atoms with Gasteiger partial charge in [0, 0.05) is 16.1 Å². The highest BCUT2D eigenvalue weighted by Crippen LogP contribution is 2.44. The lowest BCUT2D eigenvalue weighted by molar-refractivity contribution is -0.319. The molecule has 232 valence electrons. The Morgan fingerprint density at radius 3 is 2.49 bits per heavy atom. The van der Waals surface area contributed by atoms with Gasteiger partial charge >= 0.3 is 0 Å². The summed E-state index contributed by atoms with van der Waals surface area (Å²) in [5.41, 5.74) is 1.46. The van der Waals surface area contributed by atoms with Gasteiger partial charge in [0.05, 0.1) is 23.5 Å². The van der Waals surface area contributed by atoms with E-state index in [2.05, 4.69) is 20.4 Å². The second kappa shape index (κ2) is 12.0. The minimum Gasteiger partial charge on any atom is -0.388 e. The first-order valence-corrected chi connectivity index (χ1v) is 14.9. The number of aliphatic hydroxyl groups excluding tert-OH is 1. The van der Waals surface area contributed by atoms with Crippen LogP contribution in [0.4, 0.5) is 8.78 Å². The Labute approximate surface area is 270 Å². The lowest BCUT2D eigenvalue weighted by atomic mass is 9.91. The Morgan fingerprint density at radius 2 is 1.73 bits per heavy atom. The maximum atomic E-state index is 14.3. The van der Waals surface area contributed by atoms with Crippen molar-refractivity contribution in [3.05, 3.63) is 111 Å². The quantitative estimate of drug-likeness (QED) is 0.219. The summed E-state index contributed by atoms with van der Waals surface area (Å²) < 4.78 is 50.3. The van der Waals surface area contributed by atoms with Crippen LogP contribution in [0.3, 0.4) is 0 Å². The number of aryl methyl sites for hydroxylation is 1. The van der Waals surface area contributed by atoms with Crippen molar-refractivity contribution >= 4 is 34.8 Å². The maximum Gasteiger partial charge on any atom is 0.184 e. The van der Waals surface area contributed by atoms with Crippen molar-refractivity contribution in [3.8, 4) is 16.9 Å². The fourth-order valence-electron chi connectivity index (χ4n) is 5.61. The normalized spacial score (nSPS) is 24.9. The number of ether oxygens (including phenoxy) is 3. The Bertz CT molecular complexity index is 1850. The van der Waals surface area contributed by atoms with Gasteiger partial charge in [-0.1, -0.05) is 70.3 Å². The Morgan fingerprint density at radius 1 is 0.978 bits per heavy atom. The van der Waals surface area contributed by atoms with Crippen molar-refractivity contribution in [3.63, 3.8) is 0 Å². The molecule has 1 N–H and O–H groups in total. The highest BCUT2D eigenvalue weighted by molar-refractivity contribution is 6.34. The van der Waals surface area contributed by atoms with Gasteiger partial charge in [0.2, 0.25) is 0 Å². The molecule has 0 spiro atoms. The van der Waals surface area contributed by atoms with Gasteiger partial charge in [-0.15, -0.1) is 5.10 Å². The van der Waals surface area contributed by atoms with E-state index in [1.807, 2.05) is 30.3 Å². The topological polar surface area (TPSA) is 109 Å². The minimum absolute atomic E-state index is 0.101. The number of fused-ring (bicyclic) bond motifs is 1. The van der Waals surface area contributed by atoms with Gasteiger partial charge < -0.3 is 19.3 Å². The van der Waals surface area contributed by atoms with Crippen LogP contribution in [0.5, 0.6) is 0 Å². The van der Waals surface area contributed by atoms with Gasteiger partial charge in [-0.3, -0.25) is 0 Å². The first-order valence-electron chi connectivity index (χ1n) is 13.8. The number of nitrogens with zero attached hydrogens (tertiary/aromatic N) is 6. The lowest BCUT2D eigenvalue weighted by Gasteiger charge is -2.47. The molecule has 0 amide bonds. The third-order valence-electron chi connectivity index (χ3n) is 7.67. The smallest absolute Gasteiger partial charge is 0.184 e. The van der Waals surface area contributed by atoms with Crippen molar-refractivity contribution in [2.75, 3.05) is 6.61 Å². The number of rotatable bonds is 5. The van der Waals surface area contributed by atoms with E-state index in [1.54, 1.807) is 25.1 Å². The Hall–Kier alpha value is -3.49. The van der Waals surface area contributed by atoms with Gasteiger partial charge in [0.15, 0.2) is 12.1 Å². The van der Waals surface area contributed by atoms with Crippen LogP contribution in [0.15, 0.2) is 66.9 Å². The molecule has 0 saturated carbocycles. The van der Waals surface area contributed by atoms with Crippen LogP contribution >= 0.6 is 34.8 Å². The predicted octanol–water partition coefficient (Wildman–Crippen LogP) is 6.23. The van der Waals surface area contributed by atoms with Crippen molar-refractivity contribution in [2.24, 2.45) is 0 Å². The summed E-state index contributed by atoms with van der Waals surface area (Å²) in [6, 6.07) is 15.4. The van der Waals surface area contributed by atoms with Crippen LogP contribution in [0.2, 0.25) is 15.1 Å². The molecule has 2 aliphatic rings. The van der Waals surface area contributed by atoms with E-state index in [-0.39, 0.29) is 23.7 Å². The lowest BCUT2D eigenvalue weighted by Crippen LogP contribution is -2.57. The minimum atomic E-state index is -1.34. The van der Waals surface area contributed by atoms with Crippen LogP contribution in [0.1, 0.15) is 35.6 Å². The average molecular weight is 676 g/mol. The third kappa shape index (κ3) is 5.61. The summed E-state index contributed by atoms with van der Waals surface area (Å²) in [6.45, 7) is 1.80.